The number of amides is 3. The third-order valence-corrected chi connectivity index (χ3v) is 5.59. The second kappa shape index (κ2) is 11.0. The summed E-state index contributed by atoms with van der Waals surface area (Å²) >= 11 is 5.87. The molecule has 2 aromatic rings. The number of nitrogens with zero attached hydrogens (tertiary/aromatic N) is 1. The van der Waals surface area contributed by atoms with Crippen LogP contribution in [-0.4, -0.2) is 47.8 Å². The molecule has 0 unspecified atom stereocenters. The number of ether oxygens (including phenoxy) is 1. The third-order valence-electron chi connectivity index (χ3n) is 5.34. The summed E-state index contributed by atoms with van der Waals surface area (Å²) in [6.07, 6.45) is -0.0323. The molecule has 9 heteroatoms. The number of nitrogens with one attached hydrogen (secondary N) is 2. The Balaban J connectivity index is 1.46. The van der Waals surface area contributed by atoms with Crippen LogP contribution in [0.3, 0.4) is 0 Å². The van der Waals surface area contributed by atoms with Crippen molar-refractivity contribution in [2.75, 3.05) is 23.7 Å². The van der Waals surface area contributed by atoms with E-state index in [9.17, 15) is 19.2 Å². The molecule has 2 aromatic carbocycles. The van der Waals surface area contributed by atoms with Crippen molar-refractivity contribution in [2.24, 2.45) is 5.92 Å². The minimum Gasteiger partial charge on any atom is -0.452 e. The molecule has 174 valence electrons. The van der Waals surface area contributed by atoms with Gasteiger partial charge in [-0.25, -0.2) is 0 Å². The molecule has 0 aliphatic carbocycles. The van der Waals surface area contributed by atoms with Gasteiger partial charge in [-0.1, -0.05) is 11.6 Å². The van der Waals surface area contributed by atoms with Crippen molar-refractivity contribution in [3.05, 3.63) is 59.1 Å². The molecule has 1 saturated heterocycles. The van der Waals surface area contributed by atoms with Crippen molar-refractivity contribution >= 4 is 46.7 Å². The minimum atomic E-state index is -0.971. The van der Waals surface area contributed by atoms with Gasteiger partial charge in [-0.3, -0.25) is 19.2 Å². The number of hydrogen-bond acceptors (Lipinski definition) is 5. The molecule has 1 aliphatic rings. The summed E-state index contributed by atoms with van der Waals surface area (Å²) in [5.41, 5.74) is 1.68. The summed E-state index contributed by atoms with van der Waals surface area (Å²) in [6.45, 7) is 3.79. The van der Waals surface area contributed by atoms with Crippen LogP contribution in [0.2, 0.25) is 5.02 Å². The highest BCUT2D eigenvalue weighted by molar-refractivity contribution is 6.30. The molecule has 0 saturated carbocycles. The number of benzene rings is 2. The Kier molecular flexibility index (Phi) is 8.06. The van der Waals surface area contributed by atoms with E-state index in [1.54, 1.807) is 53.4 Å². The molecule has 2 N–H and O–H groups in total. The molecule has 1 atom stereocenters. The Morgan fingerprint density at radius 1 is 0.939 bits per heavy atom. The SMILES string of the molecule is CC(=O)Nc1ccc(NC(=O)[C@H](C)OC(=O)C2CCN(C(=O)c3ccc(Cl)cc3)CC2)cc1. The molecule has 1 heterocycles. The lowest BCUT2D eigenvalue weighted by Gasteiger charge is -2.31. The number of anilines is 2. The largest absolute Gasteiger partial charge is 0.452 e. The Labute approximate surface area is 197 Å². The minimum absolute atomic E-state index is 0.101. The van der Waals surface area contributed by atoms with Crippen molar-refractivity contribution < 1.29 is 23.9 Å². The van der Waals surface area contributed by atoms with Crippen LogP contribution in [0.1, 0.15) is 37.0 Å². The Hall–Kier alpha value is -3.39. The molecule has 0 radical (unpaired) electrons. The van der Waals surface area contributed by atoms with Gasteiger partial charge in [0.2, 0.25) is 5.91 Å². The van der Waals surface area contributed by atoms with Gasteiger partial charge in [0, 0.05) is 42.0 Å². The standard InChI is InChI=1S/C24H26ClN3O5/c1-15(22(30)27-21-9-7-20(8-10-21)26-16(2)29)33-24(32)18-11-13-28(14-12-18)23(31)17-3-5-19(25)6-4-17/h3-10,15,18H,11-14H2,1-2H3,(H,26,29)(H,27,30)/t15-/m0/s1. The molecule has 3 amide bonds. The highest BCUT2D eigenvalue weighted by Gasteiger charge is 2.30. The van der Waals surface area contributed by atoms with Gasteiger partial charge in [-0.2, -0.15) is 0 Å². The van der Waals surface area contributed by atoms with Crippen molar-refractivity contribution in [1.29, 1.82) is 0 Å². The number of hydrogen-bond donors (Lipinski definition) is 2. The molecular weight excluding hydrogens is 446 g/mol. The molecule has 0 aromatic heterocycles. The number of piperidine rings is 1. The van der Waals surface area contributed by atoms with Gasteiger partial charge in [0.25, 0.3) is 11.8 Å². The summed E-state index contributed by atoms with van der Waals surface area (Å²) in [5.74, 6) is -1.56. The van der Waals surface area contributed by atoms with E-state index < -0.39 is 18.0 Å². The van der Waals surface area contributed by atoms with Crippen molar-refractivity contribution in [3.63, 3.8) is 0 Å². The van der Waals surface area contributed by atoms with Crippen LogP contribution in [0.15, 0.2) is 48.5 Å². The van der Waals surface area contributed by atoms with Gasteiger partial charge in [0.1, 0.15) is 0 Å². The topological polar surface area (TPSA) is 105 Å². The van der Waals surface area contributed by atoms with Gasteiger partial charge in [0.15, 0.2) is 6.10 Å². The zero-order chi connectivity index (χ0) is 24.0. The first-order valence-electron chi connectivity index (χ1n) is 10.7. The van der Waals surface area contributed by atoms with Crippen LogP contribution in [0, 0.1) is 5.92 Å². The normalized spacial score (nSPS) is 14.8. The van der Waals surface area contributed by atoms with E-state index in [1.807, 2.05) is 0 Å². The molecule has 3 rings (SSSR count). The molecular formula is C24H26ClN3O5. The third kappa shape index (κ3) is 6.79. The predicted molar refractivity (Wildman–Crippen MR) is 125 cm³/mol. The smallest absolute Gasteiger partial charge is 0.309 e. The van der Waals surface area contributed by atoms with Crippen LogP contribution in [0.5, 0.6) is 0 Å². The predicted octanol–water partition coefficient (Wildman–Crippen LogP) is 3.72. The maximum Gasteiger partial charge on any atom is 0.309 e. The second-order valence-corrected chi connectivity index (χ2v) is 8.34. The van der Waals surface area contributed by atoms with Crippen molar-refractivity contribution in [1.82, 2.24) is 4.90 Å². The summed E-state index contributed by atoms with van der Waals surface area (Å²) < 4.78 is 5.37. The van der Waals surface area contributed by atoms with Gasteiger partial charge in [-0.15, -0.1) is 0 Å². The summed E-state index contributed by atoms with van der Waals surface area (Å²) in [4.78, 5) is 50.3. The number of likely N-dealkylation sites (tertiary alicyclic amines) is 1. The van der Waals surface area contributed by atoms with E-state index in [4.69, 9.17) is 16.3 Å². The molecule has 1 aliphatic heterocycles. The Morgan fingerprint density at radius 3 is 2.03 bits per heavy atom. The monoisotopic (exact) mass is 471 g/mol. The number of rotatable bonds is 6. The Bertz CT molecular complexity index is 1020. The average Bonchev–Trinajstić information content (AvgIpc) is 2.80. The van der Waals surface area contributed by atoms with E-state index >= 15 is 0 Å². The van der Waals surface area contributed by atoms with Crippen LogP contribution < -0.4 is 10.6 Å². The van der Waals surface area contributed by atoms with Crippen LogP contribution >= 0.6 is 11.6 Å². The van der Waals surface area contributed by atoms with E-state index in [1.165, 1.54) is 13.8 Å². The maximum atomic E-state index is 12.6. The van der Waals surface area contributed by atoms with Crippen molar-refractivity contribution in [3.8, 4) is 0 Å². The molecule has 8 nitrogen and oxygen atoms in total. The number of halogens is 1. The van der Waals surface area contributed by atoms with Crippen molar-refractivity contribution in [2.45, 2.75) is 32.8 Å². The second-order valence-electron chi connectivity index (χ2n) is 7.90. The summed E-state index contributed by atoms with van der Waals surface area (Å²) in [7, 11) is 0. The number of carbonyl (C=O) groups is 4. The lowest BCUT2D eigenvalue weighted by atomic mass is 9.96. The fourth-order valence-electron chi connectivity index (χ4n) is 3.50. The quantitative estimate of drug-likeness (QED) is 0.625. The van der Waals surface area contributed by atoms with Gasteiger partial charge < -0.3 is 20.3 Å². The summed E-state index contributed by atoms with van der Waals surface area (Å²) in [6, 6.07) is 13.3. The number of esters is 1. The Morgan fingerprint density at radius 2 is 1.48 bits per heavy atom. The van der Waals surface area contributed by atoms with Gasteiger partial charge >= 0.3 is 5.97 Å². The maximum absolute atomic E-state index is 12.6. The fraction of sp³-hybridized carbons (Fsp3) is 0.333. The summed E-state index contributed by atoms with van der Waals surface area (Å²) in [5, 5.41) is 5.89. The number of carbonyl (C=O) groups excluding carboxylic acids is 4. The van der Waals surface area contributed by atoms with E-state index in [2.05, 4.69) is 10.6 Å². The van der Waals surface area contributed by atoms with E-state index in [-0.39, 0.29) is 17.7 Å². The van der Waals surface area contributed by atoms with Gasteiger partial charge in [-0.05, 0) is 68.3 Å². The molecule has 1 fully saturated rings. The van der Waals surface area contributed by atoms with Crippen LogP contribution in [0.25, 0.3) is 0 Å². The van der Waals surface area contributed by atoms with E-state index in [0.717, 1.165) is 0 Å². The first-order chi connectivity index (χ1) is 15.7. The zero-order valence-corrected chi connectivity index (χ0v) is 19.2. The lowest BCUT2D eigenvalue weighted by molar-refractivity contribution is -0.158. The average molecular weight is 472 g/mol. The fourth-order valence-corrected chi connectivity index (χ4v) is 3.63. The molecule has 0 bridgehead atoms. The first kappa shape index (κ1) is 24.3. The molecule has 33 heavy (non-hydrogen) atoms. The highest BCUT2D eigenvalue weighted by Crippen LogP contribution is 2.22. The molecule has 0 spiro atoms. The zero-order valence-electron chi connectivity index (χ0n) is 18.5. The van der Waals surface area contributed by atoms with Crippen LogP contribution in [-0.2, 0) is 19.1 Å². The first-order valence-corrected chi connectivity index (χ1v) is 11.0. The van der Waals surface area contributed by atoms with E-state index in [0.29, 0.717) is 47.9 Å². The lowest BCUT2D eigenvalue weighted by Crippen LogP contribution is -2.41. The van der Waals surface area contributed by atoms with Crippen LogP contribution in [0.4, 0.5) is 11.4 Å². The van der Waals surface area contributed by atoms with Gasteiger partial charge in [0.05, 0.1) is 5.92 Å². The highest BCUT2D eigenvalue weighted by atomic mass is 35.5.